The fourth-order valence-electron chi connectivity index (χ4n) is 2.77. The largest absolute Gasteiger partial charge is 0.383 e. The van der Waals surface area contributed by atoms with Crippen LogP contribution < -0.4 is 5.73 Å². The monoisotopic (exact) mass is 305 g/mol. The number of unbranched alkanes of at least 4 members (excludes halogenated alkanes) is 1. The number of anilines is 1. The molecule has 0 aliphatic carbocycles. The Bertz CT molecular complexity index is 604. The van der Waals surface area contributed by atoms with E-state index in [1.807, 2.05) is 25.2 Å². The predicted molar refractivity (Wildman–Crippen MR) is 90.6 cm³/mol. The van der Waals surface area contributed by atoms with E-state index in [0.29, 0.717) is 11.7 Å². The molecule has 0 spiro atoms. The first-order valence-electron chi connectivity index (χ1n) is 7.66. The number of nitrogens with zero attached hydrogens (tertiary/aromatic N) is 2. The molecule has 3 nitrogen and oxygen atoms in total. The molecule has 4 heteroatoms. The number of rotatable bonds is 6. The maximum Gasteiger partial charge on any atom is 0.129 e. The molecule has 2 N–H and O–H groups in total. The number of nitrogen functional groups attached to an aromatic ring is 1. The van der Waals surface area contributed by atoms with Gasteiger partial charge in [-0.15, -0.1) is 0 Å². The minimum absolute atomic E-state index is 0.447. The van der Waals surface area contributed by atoms with E-state index in [4.69, 9.17) is 17.3 Å². The zero-order valence-corrected chi connectivity index (χ0v) is 13.8. The summed E-state index contributed by atoms with van der Waals surface area (Å²) in [6.07, 6.45) is 4.64. The lowest BCUT2D eigenvalue weighted by Crippen LogP contribution is -2.01. The topological polar surface area (TPSA) is 43.8 Å². The molecule has 0 aliphatic heterocycles. The van der Waals surface area contributed by atoms with Crippen molar-refractivity contribution in [3.63, 3.8) is 0 Å². The van der Waals surface area contributed by atoms with Crippen LogP contribution in [0.4, 0.5) is 5.82 Å². The number of hydrogen-bond acceptors (Lipinski definition) is 2. The van der Waals surface area contributed by atoms with Crippen molar-refractivity contribution in [2.45, 2.75) is 45.4 Å². The average Bonchev–Trinajstić information content (AvgIpc) is 2.76. The zero-order valence-electron chi connectivity index (χ0n) is 13.1. The van der Waals surface area contributed by atoms with Crippen LogP contribution in [0.5, 0.6) is 0 Å². The van der Waals surface area contributed by atoms with Crippen molar-refractivity contribution in [3.8, 4) is 11.1 Å². The SMILES string of the molecule is CCCCC(CC)c1nn(C)c(N)c1-c1cccc(Cl)c1. The molecular formula is C17H24ClN3. The zero-order chi connectivity index (χ0) is 15.4. The Morgan fingerprint density at radius 3 is 2.71 bits per heavy atom. The third-order valence-electron chi connectivity index (χ3n) is 4.02. The van der Waals surface area contributed by atoms with E-state index in [0.717, 1.165) is 34.7 Å². The van der Waals surface area contributed by atoms with E-state index in [-0.39, 0.29) is 0 Å². The summed E-state index contributed by atoms with van der Waals surface area (Å²) in [7, 11) is 1.90. The number of aryl methyl sites for hydroxylation is 1. The Kier molecular flexibility index (Phi) is 5.29. The molecule has 0 saturated carbocycles. The van der Waals surface area contributed by atoms with Gasteiger partial charge in [0.2, 0.25) is 0 Å². The molecule has 2 rings (SSSR count). The normalized spacial score (nSPS) is 12.6. The van der Waals surface area contributed by atoms with Crippen LogP contribution in [0.15, 0.2) is 24.3 Å². The van der Waals surface area contributed by atoms with Gasteiger partial charge >= 0.3 is 0 Å². The fraction of sp³-hybridized carbons (Fsp3) is 0.471. The Morgan fingerprint density at radius 1 is 1.33 bits per heavy atom. The molecule has 2 aromatic rings. The lowest BCUT2D eigenvalue weighted by atomic mass is 9.91. The summed E-state index contributed by atoms with van der Waals surface area (Å²) in [5, 5.41) is 5.41. The van der Waals surface area contributed by atoms with E-state index in [1.165, 1.54) is 12.8 Å². The van der Waals surface area contributed by atoms with Crippen LogP contribution in [0.2, 0.25) is 5.02 Å². The van der Waals surface area contributed by atoms with Gasteiger partial charge < -0.3 is 5.73 Å². The molecule has 0 saturated heterocycles. The van der Waals surface area contributed by atoms with Gasteiger partial charge in [0.15, 0.2) is 0 Å². The molecule has 0 amide bonds. The summed E-state index contributed by atoms with van der Waals surface area (Å²) in [6.45, 7) is 4.43. The molecule has 1 aromatic heterocycles. The molecule has 1 unspecified atom stereocenters. The molecule has 114 valence electrons. The minimum atomic E-state index is 0.447. The lowest BCUT2D eigenvalue weighted by molar-refractivity contribution is 0.549. The summed E-state index contributed by atoms with van der Waals surface area (Å²) in [6, 6.07) is 7.85. The van der Waals surface area contributed by atoms with Gasteiger partial charge in [0, 0.05) is 23.6 Å². The van der Waals surface area contributed by atoms with Gasteiger partial charge in [-0.3, -0.25) is 4.68 Å². The van der Waals surface area contributed by atoms with Gasteiger partial charge in [-0.1, -0.05) is 50.4 Å². The van der Waals surface area contributed by atoms with Crippen molar-refractivity contribution < 1.29 is 0 Å². The molecular weight excluding hydrogens is 282 g/mol. The molecule has 0 bridgehead atoms. The molecule has 1 aromatic carbocycles. The average molecular weight is 306 g/mol. The second-order valence-electron chi connectivity index (χ2n) is 5.53. The van der Waals surface area contributed by atoms with Gasteiger partial charge in [-0.2, -0.15) is 5.10 Å². The molecule has 0 aliphatic rings. The first-order chi connectivity index (χ1) is 10.1. The molecule has 0 radical (unpaired) electrons. The smallest absolute Gasteiger partial charge is 0.129 e. The van der Waals surface area contributed by atoms with E-state index < -0.39 is 0 Å². The standard InChI is InChI=1S/C17H24ClN3/c1-4-6-8-12(5-2)16-15(17(19)21(3)20-16)13-9-7-10-14(18)11-13/h7,9-12H,4-6,8,19H2,1-3H3. The van der Waals surface area contributed by atoms with E-state index in [9.17, 15) is 0 Å². The number of aromatic nitrogens is 2. The van der Waals surface area contributed by atoms with Crippen LogP contribution in [0, 0.1) is 0 Å². The number of nitrogens with two attached hydrogens (primary N) is 1. The first kappa shape index (κ1) is 15.9. The maximum absolute atomic E-state index is 6.26. The number of benzene rings is 1. The van der Waals surface area contributed by atoms with Crippen LogP contribution in [0.1, 0.15) is 51.1 Å². The highest BCUT2D eigenvalue weighted by atomic mass is 35.5. The van der Waals surface area contributed by atoms with Crippen LogP contribution in [0.25, 0.3) is 11.1 Å². The second kappa shape index (κ2) is 6.99. The van der Waals surface area contributed by atoms with Crippen molar-refractivity contribution in [1.29, 1.82) is 0 Å². The quantitative estimate of drug-likeness (QED) is 0.815. The van der Waals surface area contributed by atoms with Crippen molar-refractivity contribution >= 4 is 17.4 Å². The second-order valence-corrected chi connectivity index (χ2v) is 5.96. The van der Waals surface area contributed by atoms with Gasteiger partial charge in [0.1, 0.15) is 5.82 Å². The summed E-state index contributed by atoms with van der Waals surface area (Å²) in [5.41, 5.74) is 9.47. The molecule has 1 heterocycles. The highest BCUT2D eigenvalue weighted by Gasteiger charge is 2.22. The van der Waals surface area contributed by atoms with Crippen molar-refractivity contribution in [1.82, 2.24) is 9.78 Å². The maximum atomic E-state index is 6.26. The van der Waals surface area contributed by atoms with Crippen LogP contribution in [-0.2, 0) is 7.05 Å². The summed E-state index contributed by atoms with van der Waals surface area (Å²) >= 11 is 6.14. The van der Waals surface area contributed by atoms with Gasteiger partial charge in [0.25, 0.3) is 0 Å². The summed E-state index contributed by atoms with van der Waals surface area (Å²) < 4.78 is 1.78. The number of hydrogen-bond donors (Lipinski definition) is 1. The molecule has 1 atom stereocenters. The third kappa shape index (κ3) is 3.41. The molecule has 0 fully saturated rings. The summed E-state index contributed by atoms with van der Waals surface area (Å²) in [5.74, 6) is 1.16. The molecule has 21 heavy (non-hydrogen) atoms. The van der Waals surface area contributed by atoms with Gasteiger partial charge in [-0.25, -0.2) is 0 Å². The van der Waals surface area contributed by atoms with Crippen molar-refractivity contribution in [3.05, 3.63) is 35.0 Å². The summed E-state index contributed by atoms with van der Waals surface area (Å²) in [4.78, 5) is 0. The lowest BCUT2D eigenvalue weighted by Gasteiger charge is -2.14. The highest BCUT2D eigenvalue weighted by Crippen LogP contribution is 2.37. The predicted octanol–water partition coefficient (Wildman–Crippen LogP) is 5.01. The first-order valence-corrected chi connectivity index (χ1v) is 8.04. The van der Waals surface area contributed by atoms with Gasteiger partial charge in [-0.05, 0) is 30.5 Å². The van der Waals surface area contributed by atoms with Gasteiger partial charge in [0.05, 0.1) is 5.69 Å². The van der Waals surface area contributed by atoms with E-state index >= 15 is 0 Å². The van der Waals surface area contributed by atoms with E-state index in [2.05, 4.69) is 25.0 Å². The van der Waals surface area contributed by atoms with Crippen LogP contribution >= 0.6 is 11.6 Å². The van der Waals surface area contributed by atoms with Crippen LogP contribution in [0.3, 0.4) is 0 Å². The van der Waals surface area contributed by atoms with Crippen molar-refractivity contribution in [2.75, 3.05) is 5.73 Å². The third-order valence-corrected chi connectivity index (χ3v) is 4.25. The Morgan fingerprint density at radius 2 is 2.10 bits per heavy atom. The van der Waals surface area contributed by atoms with Crippen molar-refractivity contribution in [2.24, 2.45) is 7.05 Å². The highest BCUT2D eigenvalue weighted by molar-refractivity contribution is 6.30. The minimum Gasteiger partial charge on any atom is -0.383 e. The van der Waals surface area contributed by atoms with Crippen LogP contribution in [-0.4, -0.2) is 9.78 Å². The Hall–Kier alpha value is -1.48. The number of halogens is 1. The van der Waals surface area contributed by atoms with E-state index in [1.54, 1.807) is 4.68 Å². The Labute approximate surface area is 132 Å². The fourth-order valence-corrected chi connectivity index (χ4v) is 2.96. The Balaban J connectivity index is 2.49.